The fraction of sp³-hybridized carbons (Fsp3) is 0.438. The van der Waals surface area contributed by atoms with E-state index in [9.17, 15) is 4.79 Å². The van der Waals surface area contributed by atoms with Crippen molar-refractivity contribution in [2.75, 3.05) is 4.90 Å². The Kier molecular flexibility index (Phi) is 4.42. The Labute approximate surface area is 129 Å². The Morgan fingerprint density at radius 3 is 2.48 bits per heavy atom. The van der Waals surface area contributed by atoms with Crippen LogP contribution in [0.15, 0.2) is 23.7 Å². The predicted octanol–water partition coefficient (Wildman–Crippen LogP) is 4.19. The van der Waals surface area contributed by atoms with Gasteiger partial charge in [0, 0.05) is 17.3 Å². The number of nitrogens with zero attached hydrogens (tertiary/aromatic N) is 3. The van der Waals surface area contributed by atoms with Gasteiger partial charge in [-0.15, -0.1) is 10.2 Å². The van der Waals surface area contributed by atoms with Crippen LogP contribution in [-0.4, -0.2) is 22.5 Å². The zero-order valence-corrected chi connectivity index (χ0v) is 13.9. The second-order valence-electron chi connectivity index (χ2n) is 6.33. The number of hydrogen-bond acceptors (Lipinski definition) is 5. The summed E-state index contributed by atoms with van der Waals surface area (Å²) in [6.07, 6.45) is 0.883. The molecular formula is C16H21N3OS. The molecule has 0 bridgehead atoms. The Morgan fingerprint density at radius 1 is 1.29 bits per heavy atom. The standard InChI is InChI=1S/C16H21N3OS/c1-11(2)19(15-18-17-10-21-15)14-8-12(9-20)6-7-13(14)16(3,4)5/h6-11H,1-5H3. The fourth-order valence-electron chi connectivity index (χ4n) is 2.33. The summed E-state index contributed by atoms with van der Waals surface area (Å²) in [5, 5.41) is 8.99. The first-order chi connectivity index (χ1) is 9.84. The van der Waals surface area contributed by atoms with Crippen molar-refractivity contribution in [3.05, 3.63) is 34.8 Å². The van der Waals surface area contributed by atoms with E-state index in [1.54, 1.807) is 5.51 Å². The van der Waals surface area contributed by atoms with Crippen molar-refractivity contribution in [3.63, 3.8) is 0 Å². The third-order valence-corrected chi connectivity index (χ3v) is 3.99. The molecule has 0 aliphatic rings. The Morgan fingerprint density at radius 2 is 2.00 bits per heavy atom. The van der Waals surface area contributed by atoms with Crippen LogP contribution in [0.4, 0.5) is 10.8 Å². The summed E-state index contributed by atoms with van der Waals surface area (Å²) < 4.78 is 0. The van der Waals surface area contributed by atoms with Crippen molar-refractivity contribution in [3.8, 4) is 0 Å². The lowest BCUT2D eigenvalue weighted by atomic mass is 9.84. The van der Waals surface area contributed by atoms with Gasteiger partial charge in [-0.3, -0.25) is 4.79 Å². The molecule has 0 N–H and O–H groups in total. The summed E-state index contributed by atoms with van der Waals surface area (Å²) in [5.41, 5.74) is 4.60. The van der Waals surface area contributed by atoms with Crippen molar-refractivity contribution in [1.82, 2.24) is 10.2 Å². The van der Waals surface area contributed by atoms with Crippen molar-refractivity contribution < 1.29 is 4.79 Å². The second kappa shape index (κ2) is 5.93. The van der Waals surface area contributed by atoms with E-state index in [1.807, 2.05) is 18.2 Å². The van der Waals surface area contributed by atoms with Gasteiger partial charge < -0.3 is 4.90 Å². The SMILES string of the molecule is CC(C)N(c1nncs1)c1cc(C=O)ccc1C(C)(C)C. The Balaban J connectivity index is 2.65. The molecule has 0 spiro atoms. The molecule has 1 aromatic heterocycles. The van der Waals surface area contributed by atoms with Gasteiger partial charge in [-0.25, -0.2) is 0 Å². The monoisotopic (exact) mass is 303 g/mol. The van der Waals surface area contributed by atoms with Gasteiger partial charge in [0.1, 0.15) is 11.8 Å². The van der Waals surface area contributed by atoms with Gasteiger partial charge in [0.25, 0.3) is 0 Å². The molecule has 2 aromatic rings. The topological polar surface area (TPSA) is 46.1 Å². The van der Waals surface area contributed by atoms with E-state index < -0.39 is 0 Å². The molecular weight excluding hydrogens is 282 g/mol. The van der Waals surface area contributed by atoms with E-state index >= 15 is 0 Å². The summed E-state index contributed by atoms with van der Waals surface area (Å²) in [7, 11) is 0. The van der Waals surface area contributed by atoms with Crippen LogP contribution in [0.2, 0.25) is 0 Å². The molecule has 5 heteroatoms. The summed E-state index contributed by atoms with van der Waals surface area (Å²) in [4.78, 5) is 13.3. The van der Waals surface area contributed by atoms with Crippen molar-refractivity contribution >= 4 is 28.4 Å². The Bertz CT molecular complexity index is 615. The van der Waals surface area contributed by atoms with E-state index in [0.29, 0.717) is 5.56 Å². The average Bonchev–Trinajstić information content (AvgIpc) is 2.90. The van der Waals surface area contributed by atoms with E-state index in [0.717, 1.165) is 17.1 Å². The molecule has 0 saturated carbocycles. The van der Waals surface area contributed by atoms with Crippen molar-refractivity contribution in [2.24, 2.45) is 0 Å². The lowest BCUT2D eigenvalue weighted by Gasteiger charge is -2.32. The molecule has 0 amide bonds. The van der Waals surface area contributed by atoms with Crippen LogP contribution >= 0.6 is 11.3 Å². The third kappa shape index (κ3) is 3.29. The summed E-state index contributed by atoms with van der Waals surface area (Å²) >= 11 is 1.50. The predicted molar refractivity (Wildman–Crippen MR) is 87.7 cm³/mol. The number of anilines is 2. The third-order valence-electron chi connectivity index (χ3n) is 3.30. The zero-order valence-electron chi connectivity index (χ0n) is 13.1. The molecule has 0 aliphatic heterocycles. The van der Waals surface area contributed by atoms with Gasteiger partial charge in [-0.05, 0) is 30.9 Å². The van der Waals surface area contributed by atoms with E-state index in [4.69, 9.17) is 0 Å². The number of rotatable bonds is 4. The quantitative estimate of drug-likeness (QED) is 0.794. The van der Waals surface area contributed by atoms with E-state index in [-0.39, 0.29) is 11.5 Å². The highest BCUT2D eigenvalue weighted by molar-refractivity contribution is 7.13. The maximum atomic E-state index is 11.2. The van der Waals surface area contributed by atoms with E-state index in [1.165, 1.54) is 16.9 Å². The molecule has 1 heterocycles. The van der Waals surface area contributed by atoms with E-state index in [2.05, 4.69) is 49.7 Å². The molecule has 0 unspecified atom stereocenters. The normalized spacial score (nSPS) is 11.7. The van der Waals surface area contributed by atoms with Crippen molar-refractivity contribution in [2.45, 2.75) is 46.1 Å². The van der Waals surface area contributed by atoms with Gasteiger partial charge in [0.15, 0.2) is 0 Å². The molecule has 0 fully saturated rings. The Hall–Kier alpha value is -1.75. The summed E-state index contributed by atoms with van der Waals surface area (Å²) in [5.74, 6) is 0. The maximum absolute atomic E-state index is 11.2. The number of aromatic nitrogens is 2. The van der Waals surface area contributed by atoms with Gasteiger partial charge in [-0.1, -0.05) is 44.2 Å². The van der Waals surface area contributed by atoms with Crippen LogP contribution in [0.5, 0.6) is 0 Å². The molecule has 0 saturated heterocycles. The second-order valence-corrected chi connectivity index (χ2v) is 7.14. The highest BCUT2D eigenvalue weighted by Crippen LogP contribution is 2.38. The first-order valence-corrected chi connectivity index (χ1v) is 7.87. The minimum Gasteiger partial charge on any atom is -0.314 e. The maximum Gasteiger partial charge on any atom is 0.212 e. The van der Waals surface area contributed by atoms with Crippen LogP contribution in [-0.2, 0) is 5.41 Å². The summed E-state index contributed by atoms with van der Waals surface area (Å²) in [6.45, 7) is 10.7. The summed E-state index contributed by atoms with van der Waals surface area (Å²) in [6, 6.07) is 6.07. The highest BCUT2D eigenvalue weighted by Gasteiger charge is 2.25. The molecule has 0 atom stereocenters. The minimum atomic E-state index is -0.0193. The van der Waals surface area contributed by atoms with Crippen LogP contribution in [0.25, 0.3) is 0 Å². The van der Waals surface area contributed by atoms with Crippen molar-refractivity contribution in [1.29, 1.82) is 0 Å². The first kappa shape index (κ1) is 15.6. The molecule has 0 aliphatic carbocycles. The van der Waals surface area contributed by atoms with Crippen LogP contribution < -0.4 is 4.90 Å². The molecule has 2 rings (SSSR count). The number of aldehydes is 1. The van der Waals surface area contributed by atoms with Gasteiger partial charge >= 0.3 is 0 Å². The lowest BCUT2D eigenvalue weighted by molar-refractivity contribution is 0.112. The zero-order chi connectivity index (χ0) is 15.6. The average molecular weight is 303 g/mol. The molecule has 112 valence electrons. The number of benzene rings is 1. The number of hydrogen-bond donors (Lipinski definition) is 0. The first-order valence-electron chi connectivity index (χ1n) is 6.99. The largest absolute Gasteiger partial charge is 0.314 e. The minimum absolute atomic E-state index is 0.0193. The molecule has 1 aromatic carbocycles. The molecule has 0 radical (unpaired) electrons. The van der Waals surface area contributed by atoms with Gasteiger partial charge in [-0.2, -0.15) is 0 Å². The molecule has 21 heavy (non-hydrogen) atoms. The van der Waals surface area contributed by atoms with Crippen LogP contribution in [0, 0.1) is 0 Å². The lowest BCUT2D eigenvalue weighted by Crippen LogP contribution is -2.28. The van der Waals surface area contributed by atoms with Gasteiger partial charge in [0.05, 0.1) is 0 Å². The van der Waals surface area contributed by atoms with Gasteiger partial charge in [0.2, 0.25) is 5.13 Å². The number of carbonyl (C=O) groups excluding carboxylic acids is 1. The smallest absolute Gasteiger partial charge is 0.212 e. The highest BCUT2D eigenvalue weighted by atomic mass is 32.1. The van der Waals surface area contributed by atoms with Crippen LogP contribution in [0.3, 0.4) is 0 Å². The fourth-order valence-corrected chi connectivity index (χ4v) is 3.04. The molecule has 4 nitrogen and oxygen atoms in total. The number of carbonyl (C=O) groups is 1. The van der Waals surface area contributed by atoms with Crippen LogP contribution in [0.1, 0.15) is 50.5 Å².